The van der Waals surface area contributed by atoms with Crippen LogP contribution in [0.3, 0.4) is 0 Å². The molecule has 62 valence electrons. The van der Waals surface area contributed by atoms with Gasteiger partial charge in [-0.25, -0.2) is 8.78 Å². The van der Waals surface area contributed by atoms with E-state index in [9.17, 15) is 8.78 Å². The van der Waals surface area contributed by atoms with Gasteiger partial charge < -0.3 is 5.73 Å². The van der Waals surface area contributed by atoms with E-state index in [-0.39, 0.29) is 0 Å². The molecular weight excluding hydrogens is 136 g/mol. The van der Waals surface area contributed by atoms with E-state index >= 15 is 0 Å². The Labute approximate surface area is 60.6 Å². The minimum atomic E-state index is -2.56. The van der Waals surface area contributed by atoms with Crippen LogP contribution >= 0.6 is 0 Å². The van der Waals surface area contributed by atoms with Gasteiger partial charge in [0.15, 0.2) is 0 Å². The minimum absolute atomic E-state index is 0.349. The van der Waals surface area contributed by atoms with Gasteiger partial charge in [-0.2, -0.15) is 0 Å². The highest BCUT2D eigenvalue weighted by Gasteiger charge is 2.31. The molecule has 2 N–H and O–H groups in total. The van der Waals surface area contributed by atoms with Crippen molar-refractivity contribution >= 4 is 0 Å². The molecule has 1 atom stereocenters. The third-order valence-corrected chi connectivity index (χ3v) is 1.72. The molecule has 0 fully saturated rings. The smallest absolute Gasteiger partial charge is 0.248 e. The monoisotopic (exact) mass is 151 g/mol. The van der Waals surface area contributed by atoms with Crippen LogP contribution in [0, 0.1) is 5.92 Å². The van der Waals surface area contributed by atoms with E-state index in [0.717, 1.165) is 6.92 Å². The Bertz CT molecular complexity index is 88.1. The number of rotatable bonds is 4. The van der Waals surface area contributed by atoms with Gasteiger partial charge in [-0.05, 0) is 26.3 Å². The van der Waals surface area contributed by atoms with E-state index in [4.69, 9.17) is 5.73 Å². The molecule has 0 heterocycles. The lowest BCUT2D eigenvalue weighted by Gasteiger charge is -2.20. The second-order valence-corrected chi connectivity index (χ2v) is 2.64. The van der Waals surface area contributed by atoms with Crippen LogP contribution in [0.15, 0.2) is 0 Å². The van der Waals surface area contributed by atoms with Crippen molar-refractivity contribution < 1.29 is 8.78 Å². The zero-order valence-electron chi connectivity index (χ0n) is 6.53. The highest BCUT2D eigenvalue weighted by atomic mass is 19.3. The highest BCUT2D eigenvalue weighted by Crippen LogP contribution is 2.28. The lowest BCUT2D eigenvalue weighted by molar-refractivity contribution is -0.0431. The topological polar surface area (TPSA) is 26.0 Å². The van der Waals surface area contributed by atoms with E-state index in [1.807, 2.05) is 0 Å². The average Bonchev–Trinajstić information content (AvgIpc) is 1.80. The first-order valence-corrected chi connectivity index (χ1v) is 3.60. The standard InChI is InChI=1S/C7H15F2N/c1-3-6(4-5-10)7(2,8)9/h6H,3-5,10H2,1-2H3. The molecule has 1 unspecified atom stereocenters. The van der Waals surface area contributed by atoms with Crippen LogP contribution in [-0.2, 0) is 0 Å². The number of nitrogens with two attached hydrogens (primary N) is 1. The van der Waals surface area contributed by atoms with Crippen LogP contribution < -0.4 is 5.73 Å². The van der Waals surface area contributed by atoms with Gasteiger partial charge >= 0.3 is 0 Å². The molecule has 0 bridgehead atoms. The van der Waals surface area contributed by atoms with Crippen LogP contribution in [-0.4, -0.2) is 12.5 Å². The Kier molecular flexibility index (Phi) is 3.79. The quantitative estimate of drug-likeness (QED) is 0.653. The Morgan fingerprint density at radius 3 is 2.10 bits per heavy atom. The van der Waals surface area contributed by atoms with Gasteiger partial charge in [-0.15, -0.1) is 0 Å². The van der Waals surface area contributed by atoms with Gasteiger partial charge in [-0.1, -0.05) is 6.92 Å². The molecule has 0 saturated carbocycles. The average molecular weight is 151 g/mol. The summed E-state index contributed by atoms with van der Waals surface area (Å²) < 4.78 is 25.0. The summed E-state index contributed by atoms with van der Waals surface area (Å²) in [7, 11) is 0. The highest BCUT2D eigenvalue weighted by molar-refractivity contribution is 4.70. The van der Waals surface area contributed by atoms with Crippen LogP contribution in [0.4, 0.5) is 8.78 Å². The molecule has 0 spiro atoms. The Morgan fingerprint density at radius 2 is 2.00 bits per heavy atom. The van der Waals surface area contributed by atoms with Gasteiger partial charge in [0.1, 0.15) is 0 Å². The molecular formula is C7H15F2N. The van der Waals surface area contributed by atoms with Gasteiger partial charge in [0.2, 0.25) is 5.92 Å². The Morgan fingerprint density at radius 1 is 1.50 bits per heavy atom. The summed E-state index contributed by atoms with van der Waals surface area (Å²) in [5, 5.41) is 0. The van der Waals surface area contributed by atoms with E-state index < -0.39 is 11.8 Å². The largest absolute Gasteiger partial charge is 0.330 e. The lowest BCUT2D eigenvalue weighted by Crippen LogP contribution is -2.26. The first-order valence-electron chi connectivity index (χ1n) is 3.60. The molecule has 0 amide bonds. The zero-order chi connectivity index (χ0) is 8.20. The maximum absolute atomic E-state index is 12.5. The molecule has 0 aliphatic rings. The second kappa shape index (κ2) is 3.86. The molecule has 0 aromatic heterocycles. The summed E-state index contributed by atoms with van der Waals surface area (Å²) in [6.45, 7) is 3.07. The Hall–Kier alpha value is -0.180. The van der Waals surface area contributed by atoms with Gasteiger partial charge in [-0.3, -0.25) is 0 Å². The van der Waals surface area contributed by atoms with Crippen molar-refractivity contribution in [2.24, 2.45) is 11.7 Å². The van der Waals surface area contributed by atoms with Crippen molar-refractivity contribution in [1.29, 1.82) is 0 Å². The van der Waals surface area contributed by atoms with Crippen molar-refractivity contribution in [3.05, 3.63) is 0 Å². The normalized spacial score (nSPS) is 15.3. The maximum atomic E-state index is 12.5. The molecule has 1 nitrogen and oxygen atoms in total. The van der Waals surface area contributed by atoms with E-state index in [1.165, 1.54) is 0 Å². The first-order chi connectivity index (χ1) is 4.52. The molecule has 0 aliphatic carbocycles. The van der Waals surface area contributed by atoms with E-state index in [0.29, 0.717) is 19.4 Å². The number of halogens is 2. The van der Waals surface area contributed by atoms with E-state index in [2.05, 4.69) is 0 Å². The fourth-order valence-corrected chi connectivity index (χ4v) is 1.02. The molecule has 0 saturated heterocycles. The minimum Gasteiger partial charge on any atom is -0.330 e. The summed E-state index contributed by atoms with van der Waals surface area (Å²) >= 11 is 0. The van der Waals surface area contributed by atoms with Crippen molar-refractivity contribution in [3.63, 3.8) is 0 Å². The number of hydrogen-bond donors (Lipinski definition) is 1. The van der Waals surface area contributed by atoms with Gasteiger partial charge in [0.05, 0.1) is 0 Å². The summed E-state index contributed by atoms with van der Waals surface area (Å²) in [4.78, 5) is 0. The van der Waals surface area contributed by atoms with Crippen LogP contribution in [0.1, 0.15) is 26.7 Å². The fraction of sp³-hybridized carbons (Fsp3) is 1.00. The zero-order valence-corrected chi connectivity index (χ0v) is 6.53. The third-order valence-electron chi connectivity index (χ3n) is 1.72. The molecule has 3 heteroatoms. The van der Waals surface area contributed by atoms with Crippen molar-refractivity contribution in [1.82, 2.24) is 0 Å². The second-order valence-electron chi connectivity index (χ2n) is 2.64. The number of hydrogen-bond acceptors (Lipinski definition) is 1. The number of alkyl halides is 2. The Balaban J connectivity index is 3.81. The first kappa shape index (κ1) is 9.82. The predicted octanol–water partition coefficient (Wildman–Crippen LogP) is 2.02. The lowest BCUT2D eigenvalue weighted by atomic mass is 9.96. The van der Waals surface area contributed by atoms with Crippen molar-refractivity contribution in [3.8, 4) is 0 Å². The van der Waals surface area contributed by atoms with Gasteiger partial charge in [0, 0.05) is 5.92 Å². The predicted molar refractivity (Wildman–Crippen MR) is 38.1 cm³/mol. The fourth-order valence-electron chi connectivity index (χ4n) is 1.02. The van der Waals surface area contributed by atoms with Gasteiger partial charge in [0.25, 0.3) is 0 Å². The SMILES string of the molecule is CCC(CCN)C(C)(F)F. The summed E-state index contributed by atoms with van der Waals surface area (Å²) in [5.74, 6) is -3.11. The summed E-state index contributed by atoms with van der Waals surface area (Å²) in [6.07, 6.45) is 0.917. The molecule has 0 radical (unpaired) electrons. The summed E-state index contributed by atoms with van der Waals surface area (Å²) in [6, 6.07) is 0. The molecule has 0 aromatic rings. The molecule has 0 aliphatic heterocycles. The molecule has 0 aromatic carbocycles. The van der Waals surface area contributed by atoms with Crippen molar-refractivity contribution in [2.45, 2.75) is 32.6 Å². The third kappa shape index (κ3) is 3.11. The molecule has 0 rings (SSSR count). The van der Waals surface area contributed by atoms with Crippen LogP contribution in [0.2, 0.25) is 0 Å². The van der Waals surface area contributed by atoms with E-state index in [1.54, 1.807) is 6.92 Å². The maximum Gasteiger partial charge on any atom is 0.248 e. The van der Waals surface area contributed by atoms with Crippen LogP contribution in [0.25, 0.3) is 0 Å². The summed E-state index contributed by atoms with van der Waals surface area (Å²) in [5.41, 5.74) is 5.17. The van der Waals surface area contributed by atoms with Crippen LogP contribution in [0.5, 0.6) is 0 Å². The van der Waals surface area contributed by atoms with Crippen molar-refractivity contribution in [2.75, 3.05) is 6.54 Å². The molecule has 10 heavy (non-hydrogen) atoms.